The van der Waals surface area contributed by atoms with E-state index in [1.165, 1.54) is 59.5 Å². The van der Waals surface area contributed by atoms with E-state index < -0.39 is 22.0 Å². The Bertz CT molecular complexity index is 1970. The van der Waals surface area contributed by atoms with Crippen LogP contribution in [0.25, 0.3) is 17.3 Å². The molecule has 0 saturated heterocycles. The van der Waals surface area contributed by atoms with E-state index in [0.29, 0.717) is 27.0 Å². The van der Waals surface area contributed by atoms with Gasteiger partial charge < -0.3 is 16.0 Å². The van der Waals surface area contributed by atoms with Crippen LogP contribution in [0.4, 0.5) is 20.9 Å². The number of thiazole rings is 1. The van der Waals surface area contributed by atoms with Gasteiger partial charge in [0.25, 0.3) is 17.5 Å². The number of anilines is 2. The van der Waals surface area contributed by atoms with Crippen molar-refractivity contribution in [2.45, 2.75) is 17.1 Å². The minimum Gasteiger partial charge on any atom is -0.321 e. The van der Waals surface area contributed by atoms with Gasteiger partial charge in [0.05, 0.1) is 21.4 Å². The number of halogens is 1. The second kappa shape index (κ2) is 15.1. The average molecular weight is 668 g/mol. The Morgan fingerprint density at radius 1 is 0.936 bits per heavy atom. The molecular formula is C34H26FN5O5S2. The molecular weight excluding hydrogens is 642 g/mol. The number of nitro groups is 1. The van der Waals surface area contributed by atoms with E-state index in [0.717, 1.165) is 5.56 Å². The average Bonchev–Trinajstić information content (AvgIpc) is 3.53. The predicted octanol–water partition coefficient (Wildman–Crippen LogP) is 7.39. The maximum Gasteiger partial charge on any atom is 0.276 e. The monoisotopic (exact) mass is 667 g/mol. The summed E-state index contributed by atoms with van der Waals surface area (Å²) < 4.78 is 13.3. The molecule has 0 aliphatic heterocycles. The van der Waals surface area contributed by atoms with Crippen LogP contribution in [-0.2, 0) is 9.59 Å². The van der Waals surface area contributed by atoms with Gasteiger partial charge in [-0.15, -0.1) is 23.1 Å². The van der Waals surface area contributed by atoms with Gasteiger partial charge in [-0.3, -0.25) is 24.5 Å². The summed E-state index contributed by atoms with van der Waals surface area (Å²) in [5.74, 6) is -1.92. The van der Waals surface area contributed by atoms with Crippen LogP contribution in [0.1, 0.15) is 22.8 Å². The summed E-state index contributed by atoms with van der Waals surface area (Å²) in [6.45, 7) is 1.73. The molecule has 4 aromatic carbocycles. The molecule has 1 heterocycles. The molecule has 0 spiro atoms. The molecule has 0 radical (unpaired) electrons. The van der Waals surface area contributed by atoms with Crippen molar-refractivity contribution in [1.82, 2.24) is 10.3 Å². The molecule has 5 rings (SSSR count). The highest BCUT2D eigenvalue weighted by Gasteiger charge is 2.20. The highest BCUT2D eigenvalue weighted by atomic mass is 32.2. The van der Waals surface area contributed by atoms with Crippen molar-refractivity contribution in [3.63, 3.8) is 0 Å². The molecule has 1 aromatic heterocycles. The van der Waals surface area contributed by atoms with Crippen LogP contribution in [0.3, 0.4) is 0 Å². The van der Waals surface area contributed by atoms with E-state index >= 15 is 0 Å². The Hall–Kier alpha value is -5.66. The summed E-state index contributed by atoms with van der Waals surface area (Å²) in [6, 6.07) is 26.8. The molecule has 0 aliphatic rings. The number of amides is 3. The van der Waals surface area contributed by atoms with Crippen molar-refractivity contribution in [3.05, 3.63) is 141 Å². The fourth-order valence-corrected chi connectivity index (χ4v) is 5.92. The first-order valence-electron chi connectivity index (χ1n) is 14.1. The molecule has 1 unspecified atom stereocenters. The molecule has 3 N–H and O–H groups in total. The highest BCUT2D eigenvalue weighted by molar-refractivity contribution is 8.00. The van der Waals surface area contributed by atoms with E-state index in [1.807, 2.05) is 0 Å². The zero-order valence-electron chi connectivity index (χ0n) is 24.7. The van der Waals surface area contributed by atoms with Gasteiger partial charge in [0.1, 0.15) is 11.5 Å². The van der Waals surface area contributed by atoms with E-state index in [4.69, 9.17) is 0 Å². The van der Waals surface area contributed by atoms with E-state index in [1.54, 1.807) is 85.1 Å². The molecule has 0 aliphatic carbocycles. The van der Waals surface area contributed by atoms with Crippen LogP contribution in [0, 0.1) is 15.9 Å². The van der Waals surface area contributed by atoms with Crippen molar-refractivity contribution >= 4 is 63.4 Å². The van der Waals surface area contributed by atoms with Crippen molar-refractivity contribution in [3.8, 4) is 11.3 Å². The zero-order valence-corrected chi connectivity index (χ0v) is 26.3. The van der Waals surface area contributed by atoms with Crippen LogP contribution in [0.15, 0.2) is 119 Å². The molecule has 236 valence electrons. The van der Waals surface area contributed by atoms with Gasteiger partial charge in [0.2, 0.25) is 5.91 Å². The van der Waals surface area contributed by atoms with Gasteiger partial charge in [0, 0.05) is 33.2 Å². The molecule has 0 fully saturated rings. The lowest BCUT2D eigenvalue weighted by molar-refractivity contribution is -0.385. The second-order valence-corrected chi connectivity index (χ2v) is 12.2. The lowest BCUT2D eigenvalue weighted by atomic mass is 10.1. The number of hydrogen-bond acceptors (Lipinski definition) is 8. The predicted molar refractivity (Wildman–Crippen MR) is 182 cm³/mol. The largest absolute Gasteiger partial charge is 0.321 e. The Kier molecular flexibility index (Phi) is 10.5. The Morgan fingerprint density at radius 3 is 2.40 bits per heavy atom. The molecule has 13 heteroatoms. The standard InChI is InChI=1S/C34H26FN5O5S2/c1-21(31(41)39-34-38-29(20-46-34)22-14-16-25(35)17-15-22)47-27-12-7-11-26(19-27)36-33(43)28(37-32(42)23-8-3-2-4-9-23)18-24-10-5-6-13-30(24)40(44)45/h2-21H,1H3,(H,36,43)(H,37,42)(H,38,39,41)/b28-18+. The van der Waals surface area contributed by atoms with Crippen molar-refractivity contribution in [1.29, 1.82) is 0 Å². The third kappa shape index (κ3) is 8.75. The summed E-state index contributed by atoms with van der Waals surface area (Å²) >= 11 is 2.51. The number of carbonyl (C=O) groups excluding carboxylic acids is 3. The first kappa shape index (κ1) is 32.7. The Balaban J connectivity index is 1.28. The minimum absolute atomic E-state index is 0.130. The number of nitrogens with zero attached hydrogens (tertiary/aromatic N) is 2. The number of hydrogen-bond donors (Lipinski definition) is 3. The number of thioether (sulfide) groups is 1. The maximum atomic E-state index is 13.5. The first-order chi connectivity index (χ1) is 22.7. The first-order valence-corrected chi connectivity index (χ1v) is 15.8. The van der Waals surface area contributed by atoms with Gasteiger partial charge in [-0.2, -0.15) is 0 Å². The lowest BCUT2D eigenvalue weighted by Crippen LogP contribution is -2.30. The van der Waals surface area contributed by atoms with Gasteiger partial charge in [0.15, 0.2) is 5.13 Å². The molecule has 0 bridgehead atoms. The maximum absolute atomic E-state index is 13.5. The second-order valence-electron chi connectivity index (χ2n) is 9.97. The highest BCUT2D eigenvalue weighted by Crippen LogP contribution is 2.29. The van der Waals surface area contributed by atoms with Gasteiger partial charge >= 0.3 is 0 Å². The van der Waals surface area contributed by atoms with Crippen LogP contribution in [0.2, 0.25) is 0 Å². The minimum atomic E-state index is -0.707. The van der Waals surface area contributed by atoms with Crippen LogP contribution in [-0.4, -0.2) is 32.9 Å². The summed E-state index contributed by atoms with van der Waals surface area (Å²) in [7, 11) is 0. The van der Waals surface area contributed by atoms with E-state index in [9.17, 15) is 28.9 Å². The van der Waals surface area contributed by atoms with Crippen LogP contribution >= 0.6 is 23.1 Å². The van der Waals surface area contributed by atoms with Gasteiger partial charge in [-0.05, 0) is 73.7 Å². The van der Waals surface area contributed by atoms with Crippen LogP contribution < -0.4 is 16.0 Å². The van der Waals surface area contributed by atoms with Crippen molar-refractivity contribution < 1.29 is 23.7 Å². The SMILES string of the molecule is CC(Sc1cccc(NC(=O)/C(=C\c2ccccc2[N+](=O)[O-])NC(=O)c2ccccc2)c1)C(=O)Nc1nc(-c2ccc(F)cc2)cs1. The molecule has 3 amide bonds. The summed E-state index contributed by atoms with van der Waals surface area (Å²) in [5.41, 5.74) is 1.70. The summed E-state index contributed by atoms with van der Waals surface area (Å²) in [6.07, 6.45) is 1.25. The summed E-state index contributed by atoms with van der Waals surface area (Å²) in [4.78, 5) is 55.5. The number of para-hydroxylation sites is 1. The van der Waals surface area contributed by atoms with Crippen molar-refractivity contribution in [2.75, 3.05) is 10.6 Å². The normalized spacial score (nSPS) is 11.7. The molecule has 5 aromatic rings. The molecule has 10 nitrogen and oxygen atoms in total. The zero-order chi connectivity index (χ0) is 33.3. The Morgan fingerprint density at radius 2 is 1.66 bits per heavy atom. The fourth-order valence-electron chi connectivity index (χ4n) is 4.27. The third-order valence-corrected chi connectivity index (χ3v) is 8.46. The smallest absolute Gasteiger partial charge is 0.276 e. The molecule has 47 heavy (non-hydrogen) atoms. The fraction of sp³-hybridized carbons (Fsp3) is 0.0588. The number of nitro benzene ring substituents is 1. The number of carbonyl (C=O) groups is 3. The molecule has 1 atom stereocenters. The van der Waals surface area contributed by atoms with Crippen LogP contribution in [0.5, 0.6) is 0 Å². The van der Waals surface area contributed by atoms with Gasteiger partial charge in [-0.1, -0.05) is 36.4 Å². The van der Waals surface area contributed by atoms with E-state index in [-0.39, 0.29) is 28.7 Å². The quantitative estimate of drug-likeness (QED) is 0.0577. The van der Waals surface area contributed by atoms with E-state index in [2.05, 4.69) is 20.9 Å². The topological polar surface area (TPSA) is 143 Å². The number of nitrogens with one attached hydrogen (secondary N) is 3. The lowest BCUT2D eigenvalue weighted by Gasteiger charge is -2.13. The Labute approximate surface area is 276 Å². The number of benzene rings is 4. The van der Waals surface area contributed by atoms with Gasteiger partial charge in [-0.25, -0.2) is 9.37 Å². The number of aromatic nitrogens is 1. The van der Waals surface area contributed by atoms with Crippen molar-refractivity contribution in [2.24, 2.45) is 0 Å². The number of rotatable bonds is 11. The molecule has 0 saturated carbocycles. The third-order valence-electron chi connectivity index (χ3n) is 6.61. The summed E-state index contributed by atoms with van der Waals surface area (Å²) in [5, 5.41) is 21.3.